The Morgan fingerprint density at radius 3 is 2.64 bits per heavy atom. The van der Waals surface area contributed by atoms with Gasteiger partial charge in [0.25, 0.3) is 5.56 Å². The Morgan fingerprint density at radius 1 is 1.24 bits per heavy atom. The van der Waals surface area contributed by atoms with Crippen molar-refractivity contribution >= 4 is 11.2 Å². The van der Waals surface area contributed by atoms with E-state index >= 15 is 0 Å². The smallest absolute Gasteiger partial charge is 0.329 e. The van der Waals surface area contributed by atoms with Gasteiger partial charge in [-0.3, -0.25) is 14.3 Å². The molecule has 2 aromatic heterocycles. The van der Waals surface area contributed by atoms with E-state index in [1.807, 2.05) is 11.5 Å². The third kappa shape index (κ3) is 4.38. The molecule has 0 fully saturated rings. The average molecular weight is 352 g/mol. The van der Waals surface area contributed by atoms with Crippen molar-refractivity contribution in [2.75, 3.05) is 26.3 Å². The lowest BCUT2D eigenvalue weighted by Crippen LogP contribution is -3.10. The summed E-state index contributed by atoms with van der Waals surface area (Å²) in [6.45, 7) is 10.7. The fraction of sp³-hybridized carbons (Fsp3) is 0.706. The number of hydrogen-bond acceptors (Lipinski definition) is 4. The number of fused-ring (bicyclic) bond motifs is 1. The second-order valence-corrected chi connectivity index (χ2v) is 6.25. The highest BCUT2D eigenvalue weighted by Gasteiger charge is 2.20. The standard InChI is InChI=1S/C17H29N5O3/c1-5-8-9-21(6-2)12-13-18-15-14(22(13)10-11-25-7-3)16(23)19-17(24)20(15)4/h5-12H2,1-4H3,(H,19,23,24)/p+1. The number of nitrogens with zero attached hydrogens (tertiary/aromatic N) is 3. The van der Waals surface area contributed by atoms with Gasteiger partial charge in [-0.25, -0.2) is 9.78 Å². The van der Waals surface area contributed by atoms with E-state index < -0.39 is 5.69 Å². The van der Waals surface area contributed by atoms with E-state index in [-0.39, 0.29) is 5.56 Å². The zero-order chi connectivity index (χ0) is 18.4. The Labute approximate surface area is 147 Å². The molecule has 1 unspecified atom stereocenters. The van der Waals surface area contributed by atoms with Crippen molar-refractivity contribution < 1.29 is 9.64 Å². The summed E-state index contributed by atoms with van der Waals surface area (Å²) in [6.07, 6.45) is 2.31. The first-order chi connectivity index (χ1) is 12.0. The maximum absolute atomic E-state index is 12.4. The molecule has 25 heavy (non-hydrogen) atoms. The number of imidazole rings is 1. The number of unbranched alkanes of at least 4 members (excludes halogenated alkanes) is 1. The fourth-order valence-corrected chi connectivity index (χ4v) is 3.00. The van der Waals surface area contributed by atoms with Crippen molar-refractivity contribution in [3.8, 4) is 0 Å². The van der Waals surface area contributed by atoms with Gasteiger partial charge in [0.2, 0.25) is 0 Å². The SMILES string of the molecule is CCCC[NH+](CC)Cc1nc2c(c(=O)[nH]c(=O)n2C)n1CCOCC. The van der Waals surface area contributed by atoms with E-state index in [9.17, 15) is 9.59 Å². The second kappa shape index (κ2) is 8.96. The highest BCUT2D eigenvalue weighted by molar-refractivity contribution is 5.70. The van der Waals surface area contributed by atoms with Crippen molar-refractivity contribution in [3.63, 3.8) is 0 Å². The number of rotatable bonds is 10. The quantitative estimate of drug-likeness (QED) is 0.573. The molecular weight excluding hydrogens is 322 g/mol. The predicted molar refractivity (Wildman–Crippen MR) is 97.1 cm³/mol. The number of quaternary nitrogens is 1. The van der Waals surface area contributed by atoms with Crippen LogP contribution >= 0.6 is 0 Å². The molecule has 0 amide bonds. The lowest BCUT2D eigenvalue weighted by Gasteiger charge is -2.17. The Kier molecular flexibility index (Phi) is 6.95. The van der Waals surface area contributed by atoms with Crippen LogP contribution in [0.2, 0.25) is 0 Å². The summed E-state index contributed by atoms with van der Waals surface area (Å²) in [5.74, 6) is 0.828. The summed E-state index contributed by atoms with van der Waals surface area (Å²) in [6, 6.07) is 0. The molecule has 2 aromatic rings. The van der Waals surface area contributed by atoms with Gasteiger partial charge in [-0.2, -0.15) is 0 Å². The maximum Gasteiger partial charge on any atom is 0.329 e. The molecule has 2 rings (SSSR count). The zero-order valence-corrected chi connectivity index (χ0v) is 15.7. The first-order valence-corrected chi connectivity index (χ1v) is 9.13. The lowest BCUT2D eigenvalue weighted by atomic mass is 10.3. The van der Waals surface area contributed by atoms with E-state index in [2.05, 4.69) is 23.8 Å². The minimum absolute atomic E-state index is 0.389. The third-order valence-corrected chi connectivity index (χ3v) is 4.54. The van der Waals surface area contributed by atoms with Crippen LogP contribution in [0.25, 0.3) is 11.2 Å². The Bertz CT molecular complexity index is 805. The molecule has 0 aliphatic rings. The van der Waals surface area contributed by atoms with Crippen LogP contribution in [0.1, 0.15) is 39.4 Å². The number of ether oxygens (including phenoxy) is 1. The van der Waals surface area contributed by atoms with Crippen LogP contribution in [-0.4, -0.2) is 45.4 Å². The first-order valence-electron chi connectivity index (χ1n) is 9.13. The summed E-state index contributed by atoms with van der Waals surface area (Å²) < 4.78 is 8.77. The summed E-state index contributed by atoms with van der Waals surface area (Å²) >= 11 is 0. The van der Waals surface area contributed by atoms with Gasteiger partial charge < -0.3 is 14.2 Å². The summed E-state index contributed by atoms with van der Waals surface area (Å²) in [5, 5.41) is 0. The van der Waals surface area contributed by atoms with Gasteiger partial charge in [0, 0.05) is 20.2 Å². The molecular formula is C17H30N5O3+. The fourth-order valence-electron chi connectivity index (χ4n) is 3.00. The van der Waals surface area contributed by atoms with Crippen LogP contribution in [0.15, 0.2) is 9.59 Å². The molecule has 140 valence electrons. The maximum atomic E-state index is 12.4. The van der Waals surface area contributed by atoms with Crippen LogP contribution in [0.3, 0.4) is 0 Å². The van der Waals surface area contributed by atoms with Crippen LogP contribution < -0.4 is 16.1 Å². The molecule has 8 nitrogen and oxygen atoms in total. The number of hydrogen-bond donors (Lipinski definition) is 2. The molecule has 1 atom stereocenters. The summed E-state index contributed by atoms with van der Waals surface area (Å²) in [4.78, 5) is 32.7. The van der Waals surface area contributed by atoms with Crippen LogP contribution in [-0.2, 0) is 24.9 Å². The largest absolute Gasteiger partial charge is 0.380 e. The van der Waals surface area contributed by atoms with Crippen LogP contribution in [0, 0.1) is 0 Å². The third-order valence-electron chi connectivity index (χ3n) is 4.54. The van der Waals surface area contributed by atoms with Crippen molar-refractivity contribution in [2.45, 2.75) is 46.7 Å². The molecule has 0 saturated heterocycles. The Balaban J connectivity index is 2.47. The Morgan fingerprint density at radius 2 is 2.00 bits per heavy atom. The van der Waals surface area contributed by atoms with E-state index in [0.717, 1.165) is 38.3 Å². The zero-order valence-electron chi connectivity index (χ0n) is 15.7. The Hall–Kier alpha value is -1.93. The highest BCUT2D eigenvalue weighted by atomic mass is 16.5. The summed E-state index contributed by atoms with van der Waals surface area (Å²) in [5.41, 5.74) is 0.0538. The van der Waals surface area contributed by atoms with Crippen molar-refractivity contribution in [2.24, 2.45) is 7.05 Å². The molecule has 0 aromatic carbocycles. The predicted octanol–water partition coefficient (Wildman–Crippen LogP) is -0.335. The molecule has 8 heteroatoms. The van der Waals surface area contributed by atoms with E-state index in [1.165, 1.54) is 9.47 Å². The molecule has 0 bridgehead atoms. The molecule has 0 aliphatic carbocycles. The second-order valence-electron chi connectivity index (χ2n) is 6.25. The van der Waals surface area contributed by atoms with Crippen LogP contribution in [0.4, 0.5) is 0 Å². The van der Waals surface area contributed by atoms with Crippen molar-refractivity contribution in [1.82, 2.24) is 19.1 Å². The highest BCUT2D eigenvalue weighted by Crippen LogP contribution is 2.10. The molecule has 0 radical (unpaired) electrons. The van der Waals surface area contributed by atoms with Gasteiger partial charge in [0.15, 0.2) is 17.0 Å². The topological polar surface area (TPSA) is 86.4 Å². The van der Waals surface area contributed by atoms with Gasteiger partial charge >= 0.3 is 5.69 Å². The number of aryl methyl sites for hydroxylation is 1. The molecule has 0 aliphatic heterocycles. The van der Waals surface area contributed by atoms with E-state index in [4.69, 9.17) is 4.74 Å². The molecule has 0 saturated carbocycles. The van der Waals surface area contributed by atoms with Gasteiger partial charge in [-0.1, -0.05) is 13.3 Å². The normalized spacial score (nSPS) is 12.8. The number of nitrogens with one attached hydrogen (secondary N) is 2. The minimum atomic E-state index is -0.441. The molecule has 2 heterocycles. The molecule has 0 spiro atoms. The monoisotopic (exact) mass is 352 g/mol. The van der Waals surface area contributed by atoms with Crippen molar-refractivity contribution in [3.05, 3.63) is 26.7 Å². The van der Waals surface area contributed by atoms with E-state index in [0.29, 0.717) is 30.9 Å². The van der Waals surface area contributed by atoms with Gasteiger partial charge in [-0.15, -0.1) is 0 Å². The minimum Gasteiger partial charge on any atom is -0.380 e. The number of aromatic nitrogens is 4. The molecule has 2 N–H and O–H groups in total. The van der Waals surface area contributed by atoms with E-state index in [1.54, 1.807) is 7.05 Å². The number of aromatic amines is 1. The number of H-pyrrole nitrogens is 1. The van der Waals surface area contributed by atoms with Gasteiger partial charge in [-0.05, 0) is 20.3 Å². The van der Waals surface area contributed by atoms with Crippen molar-refractivity contribution in [1.29, 1.82) is 0 Å². The lowest BCUT2D eigenvalue weighted by molar-refractivity contribution is -0.913. The van der Waals surface area contributed by atoms with Gasteiger partial charge in [0.05, 0.1) is 19.7 Å². The van der Waals surface area contributed by atoms with Gasteiger partial charge in [0.1, 0.15) is 6.54 Å². The summed E-state index contributed by atoms with van der Waals surface area (Å²) in [7, 11) is 1.63. The van der Waals surface area contributed by atoms with Crippen LogP contribution in [0.5, 0.6) is 0 Å². The first kappa shape index (κ1) is 19.4. The average Bonchev–Trinajstić information content (AvgIpc) is 2.95.